The van der Waals surface area contributed by atoms with Crippen LogP contribution in [0.4, 0.5) is 4.39 Å². The zero-order chi connectivity index (χ0) is 14.4. The first-order valence-corrected chi connectivity index (χ1v) is 6.13. The van der Waals surface area contributed by atoms with Crippen molar-refractivity contribution in [3.05, 3.63) is 65.7 Å². The van der Waals surface area contributed by atoms with E-state index in [-0.39, 0.29) is 18.1 Å². The molecule has 0 aliphatic heterocycles. The zero-order valence-corrected chi connectivity index (χ0v) is 11.0. The van der Waals surface area contributed by atoms with Gasteiger partial charge in [-0.2, -0.15) is 5.10 Å². The average molecular weight is 271 g/mol. The number of hydrazone groups is 1. The summed E-state index contributed by atoms with van der Waals surface area (Å²) in [5.74, 6) is -0.570. The van der Waals surface area contributed by atoms with Crippen LogP contribution >= 0.6 is 0 Å². The van der Waals surface area contributed by atoms with Gasteiger partial charge in [-0.15, -0.1) is 0 Å². The topological polar surface area (TPSA) is 54.4 Å². The molecular weight excluding hydrogens is 257 g/mol. The summed E-state index contributed by atoms with van der Waals surface area (Å²) in [6.45, 7) is 1.79. The van der Waals surface area contributed by atoms with Crippen LogP contribution in [0.3, 0.4) is 0 Å². The van der Waals surface area contributed by atoms with Gasteiger partial charge in [-0.3, -0.25) is 9.78 Å². The second-order valence-corrected chi connectivity index (χ2v) is 4.28. The third-order valence-corrected chi connectivity index (χ3v) is 2.71. The fraction of sp³-hybridized carbons (Fsp3) is 0.133. The summed E-state index contributed by atoms with van der Waals surface area (Å²) in [7, 11) is 0. The van der Waals surface area contributed by atoms with Crippen LogP contribution in [-0.2, 0) is 11.2 Å². The van der Waals surface area contributed by atoms with Crippen LogP contribution in [0.15, 0.2) is 53.9 Å². The number of halogens is 1. The molecule has 5 heteroatoms. The van der Waals surface area contributed by atoms with Gasteiger partial charge >= 0.3 is 0 Å². The molecule has 0 spiro atoms. The van der Waals surface area contributed by atoms with E-state index < -0.39 is 0 Å². The van der Waals surface area contributed by atoms with Crippen LogP contribution in [0.5, 0.6) is 0 Å². The van der Waals surface area contributed by atoms with Crippen molar-refractivity contribution in [3.63, 3.8) is 0 Å². The molecule has 1 aromatic heterocycles. The van der Waals surface area contributed by atoms with E-state index in [1.54, 1.807) is 37.5 Å². The molecule has 2 aromatic rings. The highest BCUT2D eigenvalue weighted by atomic mass is 19.1. The lowest BCUT2D eigenvalue weighted by Crippen LogP contribution is -2.21. The Kier molecular flexibility index (Phi) is 4.55. The summed E-state index contributed by atoms with van der Waals surface area (Å²) >= 11 is 0. The molecule has 0 saturated carbocycles. The molecule has 0 fully saturated rings. The van der Waals surface area contributed by atoms with Crippen molar-refractivity contribution >= 4 is 11.6 Å². The number of carbonyl (C=O) groups is 1. The van der Waals surface area contributed by atoms with E-state index in [4.69, 9.17) is 0 Å². The molecule has 20 heavy (non-hydrogen) atoms. The summed E-state index contributed by atoms with van der Waals surface area (Å²) in [5, 5.41) is 4.01. The molecule has 4 nitrogen and oxygen atoms in total. The van der Waals surface area contributed by atoms with Crippen molar-refractivity contribution in [1.82, 2.24) is 10.4 Å². The molecule has 1 heterocycles. The normalized spacial score (nSPS) is 11.2. The molecule has 1 amide bonds. The molecular formula is C15H14FN3O. The van der Waals surface area contributed by atoms with Gasteiger partial charge in [-0.25, -0.2) is 9.82 Å². The highest BCUT2D eigenvalue weighted by Crippen LogP contribution is 2.03. The molecule has 0 bridgehead atoms. The maximum absolute atomic E-state index is 12.7. The summed E-state index contributed by atoms with van der Waals surface area (Å²) < 4.78 is 12.7. The Morgan fingerprint density at radius 3 is 2.70 bits per heavy atom. The van der Waals surface area contributed by atoms with Crippen molar-refractivity contribution < 1.29 is 9.18 Å². The molecule has 0 saturated heterocycles. The number of benzene rings is 1. The number of nitrogens with zero attached hydrogens (tertiary/aromatic N) is 2. The van der Waals surface area contributed by atoms with Gasteiger partial charge < -0.3 is 0 Å². The molecule has 0 aliphatic carbocycles. The molecule has 1 N–H and O–H groups in total. The van der Waals surface area contributed by atoms with Gasteiger partial charge in [0.25, 0.3) is 0 Å². The summed E-state index contributed by atoms with van der Waals surface area (Å²) in [4.78, 5) is 15.7. The summed E-state index contributed by atoms with van der Waals surface area (Å²) in [5.41, 5.74) is 4.72. The lowest BCUT2D eigenvalue weighted by atomic mass is 10.1. The van der Waals surface area contributed by atoms with Gasteiger partial charge in [0.05, 0.1) is 12.1 Å². The number of rotatable bonds is 4. The van der Waals surface area contributed by atoms with Gasteiger partial charge in [-0.05, 0) is 30.7 Å². The van der Waals surface area contributed by atoms with E-state index in [2.05, 4.69) is 15.5 Å². The Labute approximate surface area is 116 Å². The first-order valence-electron chi connectivity index (χ1n) is 6.13. The van der Waals surface area contributed by atoms with E-state index in [1.807, 2.05) is 6.07 Å². The third-order valence-electron chi connectivity index (χ3n) is 2.71. The van der Waals surface area contributed by atoms with Crippen LogP contribution in [0.1, 0.15) is 18.1 Å². The highest BCUT2D eigenvalue weighted by molar-refractivity contribution is 5.98. The molecule has 1 aromatic carbocycles. The van der Waals surface area contributed by atoms with Crippen molar-refractivity contribution in [2.45, 2.75) is 13.3 Å². The fourth-order valence-electron chi connectivity index (χ4n) is 1.61. The molecule has 0 atom stereocenters. The molecule has 0 unspecified atom stereocenters. The molecule has 2 rings (SSSR count). The van der Waals surface area contributed by atoms with Crippen LogP contribution < -0.4 is 5.43 Å². The van der Waals surface area contributed by atoms with E-state index in [9.17, 15) is 9.18 Å². The van der Waals surface area contributed by atoms with E-state index in [0.29, 0.717) is 5.71 Å². The van der Waals surface area contributed by atoms with Crippen molar-refractivity contribution in [1.29, 1.82) is 0 Å². The van der Waals surface area contributed by atoms with Crippen LogP contribution in [-0.4, -0.2) is 16.6 Å². The minimum absolute atomic E-state index is 0.157. The van der Waals surface area contributed by atoms with Crippen LogP contribution in [0.2, 0.25) is 0 Å². The first kappa shape index (κ1) is 13.9. The lowest BCUT2D eigenvalue weighted by molar-refractivity contribution is -0.120. The number of hydrogen-bond acceptors (Lipinski definition) is 3. The van der Waals surface area contributed by atoms with E-state index in [0.717, 1.165) is 11.1 Å². The maximum Gasteiger partial charge on any atom is 0.244 e. The largest absolute Gasteiger partial charge is 0.273 e. The Bertz CT molecular complexity index is 609. The Hall–Kier alpha value is -2.56. The number of amides is 1. The average Bonchev–Trinajstić information content (AvgIpc) is 2.48. The molecule has 102 valence electrons. The minimum Gasteiger partial charge on any atom is -0.273 e. The second kappa shape index (κ2) is 6.56. The standard InChI is InChI=1S/C15H14FN3O/c1-11(13-3-2-8-17-10-13)18-19-15(20)9-12-4-6-14(16)7-5-12/h2-8,10H,9H2,1H3,(H,19,20)/b18-11-. The van der Waals surface area contributed by atoms with Crippen molar-refractivity contribution in [2.75, 3.05) is 0 Å². The van der Waals surface area contributed by atoms with E-state index >= 15 is 0 Å². The SMILES string of the molecule is C/C(=N/NC(=O)Cc1ccc(F)cc1)c1cccnc1. The quantitative estimate of drug-likeness (QED) is 0.685. The molecule has 0 aliphatic rings. The van der Waals surface area contributed by atoms with Crippen LogP contribution in [0, 0.1) is 5.82 Å². The fourth-order valence-corrected chi connectivity index (χ4v) is 1.61. The van der Waals surface area contributed by atoms with E-state index in [1.165, 1.54) is 12.1 Å². The summed E-state index contributed by atoms with van der Waals surface area (Å²) in [6.07, 6.45) is 3.50. The number of hydrogen-bond donors (Lipinski definition) is 1. The second-order valence-electron chi connectivity index (χ2n) is 4.28. The zero-order valence-electron chi connectivity index (χ0n) is 11.0. The minimum atomic E-state index is -0.320. The van der Waals surface area contributed by atoms with Gasteiger partial charge in [0.15, 0.2) is 0 Å². The Morgan fingerprint density at radius 1 is 1.30 bits per heavy atom. The molecule has 0 radical (unpaired) electrons. The number of carbonyl (C=O) groups excluding carboxylic acids is 1. The van der Waals surface area contributed by atoms with Crippen LogP contribution in [0.25, 0.3) is 0 Å². The number of nitrogens with one attached hydrogen (secondary N) is 1. The smallest absolute Gasteiger partial charge is 0.244 e. The monoisotopic (exact) mass is 271 g/mol. The lowest BCUT2D eigenvalue weighted by Gasteiger charge is -2.03. The van der Waals surface area contributed by atoms with Gasteiger partial charge in [0.1, 0.15) is 5.82 Å². The third kappa shape index (κ3) is 3.98. The van der Waals surface area contributed by atoms with Crippen molar-refractivity contribution in [2.24, 2.45) is 5.10 Å². The van der Waals surface area contributed by atoms with Crippen molar-refractivity contribution in [3.8, 4) is 0 Å². The Morgan fingerprint density at radius 2 is 2.05 bits per heavy atom. The predicted molar refractivity (Wildman–Crippen MR) is 74.7 cm³/mol. The highest BCUT2D eigenvalue weighted by Gasteiger charge is 2.03. The first-order chi connectivity index (χ1) is 9.65. The van der Waals surface area contributed by atoms with Gasteiger partial charge in [-0.1, -0.05) is 18.2 Å². The van der Waals surface area contributed by atoms with Gasteiger partial charge in [0.2, 0.25) is 5.91 Å². The predicted octanol–water partition coefficient (Wildman–Crippen LogP) is 2.30. The maximum atomic E-state index is 12.7. The Balaban J connectivity index is 1.93. The van der Waals surface area contributed by atoms with Gasteiger partial charge in [0, 0.05) is 18.0 Å². The number of aromatic nitrogens is 1. The number of pyridine rings is 1. The summed E-state index contributed by atoms with van der Waals surface area (Å²) in [6, 6.07) is 9.46.